The van der Waals surface area contributed by atoms with E-state index in [0.717, 1.165) is 12.1 Å². The Bertz CT molecular complexity index is 1090. The topological polar surface area (TPSA) is 76.0 Å². The van der Waals surface area contributed by atoms with Gasteiger partial charge in [-0.1, -0.05) is 30.3 Å². The fourth-order valence-electron chi connectivity index (χ4n) is 3.29. The number of anilines is 1. The molecule has 2 amide bonds. The fraction of sp³-hybridized carbons (Fsp3) is 0.190. The maximum absolute atomic E-state index is 13.2. The van der Waals surface area contributed by atoms with Crippen LogP contribution in [0.25, 0.3) is 16.9 Å². The van der Waals surface area contributed by atoms with Crippen LogP contribution in [0.2, 0.25) is 0 Å². The molecule has 0 aliphatic carbocycles. The Balaban J connectivity index is 1.72. The number of hydrogen-bond donors (Lipinski definition) is 2. The summed E-state index contributed by atoms with van der Waals surface area (Å²) in [6.07, 6.45) is -4.39. The van der Waals surface area contributed by atoms with Crippen molar-refractivity contribution in [2.24, 2.45) is 5.92 Å². The van der Waals surface area contributed by atoms with Crippen LogP contribution in [0.3, 0.4) is 0 Å². The maximum atomic E-state index is 13.2. The Morgan fingerprint density at radius 3 is 2.53 bits per heavy atom. The monoisotopic (exact) mass is 414 g/mol. The highest BCUT2D eigenvalue weighted by molar-refractivity contribution is 5.97. The number of nitrogens with zero attached hydrogens (tertiary/aromatic N) is 2. The van der Waals surface area contributed by atoms with Crippen LogP contribution >= 0.6 is 0 Å². The highest BCUT2D eigenvalue weighted by Gasteiger charge is 2.31. The fourth-order valence-corrected chi connectivity index (χ4v) is 3.29. The lowest BCUT2D eigenvalue weighted by Crippen LogP contribution is -2.24. The van der Waals surface area contributed by atoms with Gasteiger partial charge in [0.2, 0.25) is 11.8 Å². The molecule has 0 radical (unpaired) electrons. The minimum atomic E-state index is -4.48. The number of alkyl halides is 3. The third-order valence-electron chi connectivity index (χ3n) is 4.80. The lowest BCUT2D eigenvalue weighted by atomic mass is 10.1. The molecule has 1 aromatic heterocycles. The molecule has 30 heavy (non-hydrogen) atoms. The molecule has 1 aliphatic heterocycles. The molecule has 1 atom stereocenters. The molecule has 0 bridgehead atoms. The summed E-state index contributed by atoms with van der Waals surface area (Å²) in [6, 6.07) is 15.3. The van der Waals surface area contributed by atoms with Gasteiger partial charge in [-0.2, -0.15) is 13.2 Å². The van der Waals surface area contributed by atoms with E-state index < -0.39 is 17.7 Å². The van der Waals surface area contributed by atoms with Crippen molar-refractivity contribution in [3.8, 4) is 16.9 Å². The van der Waals surface area contributed by atoms with Crippen LogP contribution in [-0.4, -0.2) is 28.1 Å². The summed E-state index contributed by atoms with van der Waals surface area (Å²) in [5.41, 5.74) is 0.549. The molecule has 4 rings (SSSR count). The van der Waals surface area contributed by atoms with Crippen molar-refractivity contribution in [3.05, 3.63) is 66.2 Å². The zero-order valence-electron chi connectivity index (χ0n) is 15.6. The van der Waals surface area contributed by atoms with Crippen LogP contribution < -0.4 is 10.6 Å². The summed E-state index contributed by atoms with van der Waals surface area (Å²) in [4.78, 5) is 23.8. The minimum absolute atomic E-state index is 0.0890. The van der Waals surface area contributed by atoms with E-state index in [1.165, 1.54) is 16.8 Å². The number of carbonyl (C=O) groups is 2. The van der Waals surface area contributed by atoms with Gasteiger partial charge in [0.1, 0.15) is 0 Å². The van der Waals surface area contributed by atoms with Crippen LogP contribution in [0.4, 0.5) is 19.0 Å². The Labute approximate surface area is 169 Å². The molecule has 2 N–H and O–H groups in total. The van der Waals surface area contributed by atoms with Crippen LogP contribution in [0.15, 0.2) is 60.7 Å². The summed E-state index contributed by atoms with van der Waals surface area (Å²) in [5.74, 6) is -0.900. The molecule has 0 saturated carbocycles. The Kier molecular flexibility index (Phi) is 5.03. The first-order chi connectivity index (χ1) is 14.3. The molecular weight excluding hydrogens is 397 g/mol. The number of rotatable bonds is 4. The van der Waals surface area contributed by atoms with Gasteiger partial charge in [-0.05, 0) is 24.3 Å². The third kappa shape index (κ3) is 4.05. The van der Waals surface area contributed by atoms with E-state index in [2.05, 4.69) is 15.7 Å². The van der Waals surface area contributed by atoms with Gasteiger partial charge in [0.05, 0.1) is 22.9 Å². The first-order valence-corrected chi connectivity index (χ1v) is 9.22. The van der Waals surface area contributed by atoms with Crippen LogP contribution in [0.1, 0.15) is 12.0 Å². The third-order valence-corrected chi connectivity index (χ3v) is 4.80. The van der Waals surface area contributed by atoms with Gasteiger partial charge in [0.25, 0.3) is 0 Å². The molecular formula is C21H17F3N4O2. The lowest BCUT2D eigenvalue weighted by molar-refractivity contribution is -0.137. The normalized spacial score (nSPS) is 16.4. The number of para-hydroxylation sites is 1. The van der Waals surface area contributed by atoms with Crippen LogP contribution in [-0.2, 0) is 15.8 Å². The lowest BCUT2D eigenvalue weighted by Gasteiger charge is -2.10. The van der Waals surface area contributed by atoms with E-state index in [9.17, 15) is 22.8 Å². The summed E-state index contributed by atoms with van der Waals surface area (Å²) in [6.45, 7) is 0.241. The number of nitrogens with one attached hydrogen (secondary N) is 2. The molecule has 1 fully saturated rings. The molecule has 3 aromatic rings. The summed E-state index contributed by atoms with van der Waals surface area (Å²) in [7, 11) is 0. The summed E-state index contributed by atoms with van der Waals surface area (Å²) < 4.78 is 41.0. The average molecular weight is 414 g/mol. The van der Waals surface area contributed by atoms with Crippen molar-refractivity contribution in [2.45, 2.75) is 12.6 Å². The summed E-state index contributed by atoms with van der Waals surface area (Å²) in [5, 5.41) is 9.63. The SMILES string of the molecule is O=C1C[C@H](C(=O)Nc2cc(-c3cccc(C(F)(F)F)c3)n(-c3ccccc3)n2)CN1. The molecule has 2 aromatic carbocycles. The van der Waals surface area contributed by atoms with E-state index in [4.69, 9.17) is 0 Å². The van der Waals surface area contributed by atoms with Gasteiger partial charge in [-0.15, -0.1) is 5.10 Å². The van der Waals surface area contributed by atoms with Gasteiger partial charge in [-0.3, -0.25) is 9.59 Å². The van der Waals surface area contributed by atoms with Crippen LogP contribution in [0, 0.1) is 5.92 Å². The number of benzene rings is 2. The van der Waals surface area contributed by atoms with E-state index in [1.807, 2.05) is 6.07 Å². The predicted molar refractivity (Wildman–Crippen MR) is 104 cm³/mol. The minimum Gasteiger partial charge on any atom is -0.355 e. The second-order valence-electron chi connectivity index (χ2n) is 6.94. The Morgan fingerprint density at radius 1 is 1.10 bits per heavy atom. The van der Waals surface area contributed by atoms with Crippen LogP contribution in [0.5, 0.6) is 0 Å². The van der Waals surface area contributed by atoms with E-state index in [-0.39, 0.29) is 30.6 Å². The largest absolute Gasteiger partial charge is 0.416 e. The van der Waals surface area contributed by atoms with E-state index in [0.29, 0.717) is 16.9 Å². The smallest absolute Gasteiger partial charge is 0.355 e. The van der Waals surface area contributed by atoms with Crippen molar-refractivity contribution in [2.75, 3.05) is 11.9 Å². The van der Waals surface area contributed by atoms with Crippen molar-refractivity contribution in [3.63, 3.8) is 0 Å². The quantitative estimate of drug-likeness (QED) is 0.685. The van der Waals surface area contributed by atoms with Gasteiger partial charge in [0, 0.05) is 24.6 Å². The molecule has 1 aliphatic rings. The number of amides is 2. The van der Waals surface area contributed by atoms with Gasteiger partial charge in [0.15, 0.2) is 5.82 Å². The molecule has 154 valence electrons. The highest BCUT2D eigenvalue weighted by atomic mass is 19.4. The van der Waals surface area contributed by atoms with Crippen molar-refractivity contribution in [1.82, 2.24) is 15.1 Å². The molecule has 6 nitrogen and oxygen atoms in total. The van der Waals surface area contributed by atoms with E-state index in [1.54, 1.807) is 30.3 Å². The maximum Gasteiger partial charge on any atom is 0.416 e. The zero-order valence-corrected chi connectivity index (χ0v) is 15.6. The van der Waals surface area contributed by atoms with Crippen molar-refractivity contribution in [1.29, 1.82) is 0 Å². The Morgan fingerprint density at radius 2 is 1.87 bits per heavy atom. The second-order valence-corrected chi connectivity index (χ2v) is 6.94. The van der Waals surface area contributed by atoms with Gasteiger partial charge < -0.3 is 10.6 Å². The molecule has 0 spiro atoms. The molecule has 1 saturated heterocycles. The van der Waals surface area contributed by atoms with Gasteiger partial charge in [-0.25, -0.2) is 4.68 Å². The predicted octanol–water partition coefficient (Wildman–Crippen LogP) is 3.63. The number of aromatic nitrogens is 2. The molecule has 2 heterocycles. The number of carbonyl (C=O) groups excluding carboxylic acids is 2. The first-order valence-electron chi connectivity index (χ1n) is 9.22. The first kappa shape index (κ1) is 19.7. The number of hydrogen-bond acceptors (Lipinski definition) is 3. The zero-order chi connectivity index (χ0) is 21.3. The summed E-state index contributed by atoms with van der Waals surface area (Å²) >= 11 is 0. The second kappa shape index (κ2) is 7.66. The van der Waals surface area contributed by atoms with E-state index >= 15 is 0 Å². The number of halogens is 3. The molecule has 9 heteroatoms. The van der Waals surface area contributed by atoms with Gasteiger partial charge >= 0.3 is 6.18 Å². The molecule has 0 unspecified atom stereocenters. The van der Waals surface area contributed by atoms with Crippen molar-refractivity contribution >= 4 is 17.6 Å². The highest BCUT2D eigenvalue weighted by Crippen LogP contribution is 2.33. The standard InChI is InChI=1S/C21H17F3N4O2/c22-21(23,24)15-6-4-5-13(9-15)17-11-18(26-20(30)14-10-19(29)25-12-14)27-28(17)16-7-2-1-3-8-16/h1-9,11,14H,10,12H2,(H,25,29)(H,26,27,30)/t14-/m0/s1. The van der Waals surface area contributed by atoms with Crippen molar-refractivity contribution < 1.29 is 22.8 Å². The average Bonchev–Trinajstić information content (AvgIpc) is 3.35. The Hall–Kier alpha value is -3.62.